The predicted octanol–water partition coefficient (Wildman–Crippen LogP) is 1.95. The standard InChI is InChI=1S/C14H9F2N3O4/c15-9-3-6-11(12(16)7-9)14(21)18-17-13(20)8-1-4-10(5-2-8)19(22)23/h1-7H,(H,17,20)(H,18,21). The van der Waals surface area contributed by atoms with Crippen molar-refractivity contribution >= 4 is 17.5 Å². The fourth-order valence-corrected chi connectivity index (χ4v) is 1.66. The third-order valence-corrected chi connectivity index (χ3v) is 2.81. The first kappa shape index (κ1) is 16.0. The highest BCUT2D eigenvalue weighted by molar-refractivity contribution is 5.99. The van der Waals surface area contributed by atoms with Gasteiger partial charge in [0.15, 0.2) is 0 Å². The number of hydrogen-bond donors (Lipinski definition) is 2. The number of nitrogens with zero attached hydrogens (tertiary/aromatic N) is 1. The molecule has 0 atom stereocenters. The zero-order valence-electron chi connectivity index (χ0n) is 11.4. The maximum atomic E-state index is 13.4. The molecule has 0 unspecified atom stereocenters. The van der Waals surface area contributed by atoms with Gasteiger partial charge < -0.3 is 0 Å². The van der Waals surface area contributed by atoms with Gasteiger partial charge in [0.2, 0.25) is 0 Å². The van der Waals surface area contributed by atoms with E-state index in [1.165, 1.54) is 12.1 Å². The van der Waals surface area contributed by atoms with Crippen LogP contribution in [0.5, 0.6) is 0 Å². The third kappa shape index (κ3) is 3.84. The van der Waals surface area contributed by atoms with Crippen molar-refractivity contribution in [1.82, 2.24) is 10.9 Å². The molecule has 0 aliphatic rings. The van der Waals surface area contributed by atoms with E-state index < -0.39 is 33.9 Å². The number of amides is 2. The lowest BCUT2D eigenvalue weighted by Crippen LogP contribution is -2.41. The average molecular weight is 321 g/mol. The number of nitrogens with one attached hydrogen (secondary N) is 2. The monoisotopic (exact) mass is 321 g/mol. The summed E-state index contributed by atoms with van der Waals surface area (Å²) in [5.41, 5.74) is 3.39. The Bertz CT molecular complexity index is 778. The Hall–Kier alpha value is -3.36. The van der Waals surface area contributed by atoms with Crippen molar-refractivity contribution in [2.75, 3.05) is 0 Å². The molecule has 0 heterocycles. The van der Waals surface area contributed by atoms with Crippen molar-refractivity contribution in [2.45, 2.75) is 0 Å². The zero-order valence-corrected chi connectivity index (χ0v) is 11.4. The van der Waals surface area contributed by atoms with Crippen LogP contribution in [-0.4, -0.2) is 16.7 Å². The molecule has 0 aliphatic carbocycles. The molecule has 118 valence electrons. The van der Waals surface area contributed by atoms with Gasteiger partial charge in [-0.25, -0.2) is 8.78 Å². The normalized spacial score (nSPS) is 10.0. The van der Waals surface area contributed by atoms with Gasteiger partial charge in [-0.3, -0.25) is 30.6 Å². The SMILES string of the molecule is O=C(NNC(=O)c1ccc(F)cc1F)c1ccc([N+](=O)[O-])cc1. The Labute approximate surface area is 128 Å². The molecule has 0 fully saturated rings. The number of hydrazine groups is 1. The molecule has 0 radical (unpaired) electrons. The minimum absolute atomic E-state index is 0.0514. The number of carbonyl (C=O) groups excluding carboxylic acids is 2. The number of nitro benzene ring substituents is 1. The van der Waals surface area contributed by atoms with Crippen LogP contribution in [0.1, 0.15) is 20.7 Å². The number of non-ortho nitro benzene ring substituents is 1. The lowest BCUT2D eigenvalue weighted by molar-refractivity contribution is -0.384. The van der Waals surface area contributed by atoms with Gasteiger partial charge in [0.1, 0.15) is 11.6 Å². The highest BCUT2D eigenvalue weighted by atomic mass is 19.1. The molecule has 2 aromatic rings. The first-order valence-corrected chi connectivity index (χ1v) is 6.18. The van der Waals surface area contributed by atoms with E-state index in [0.29, 0.717) is 6.07 Å². The van der Waals surface area contributed by atoms with E-state index >= 15 is 0 Å². The van der Waals surface area contributed by atoms with Crippen molar-refractivity contribution in [3.63, 3.8) is 0 Å². The summed E-state index contributed by atoms with van der Waals surface area (Å²) in [6.45, 7) is 0. The molecule has 0 bridgehead atoms. The summed E-state index contributed by atoms with van der Waals surface area (Å²) in [5.74, 6) is -3.64. The maximum Gasteiger partial charge on any atom is 0.272 e. The van der Waals surface area contributed by atoms with Gasteiger partial charge in [0, 0.05) is 23.8 Å². The molecule has 7 nitrogen and oxygen atoms in total. The van der Waals surface area contributed by atoms with Crippen LogP contribution in [0.4, 0.5) is 14.5 Å². The van der Waals surface area contributed by atoms with Gasteiger partial charge in [-0.15, -0.1) is 0 Å². The molecule has 0 aromatic heterocycles. The average Bonchev–Trinajstić information content (AvgIpc) is 2.52. The Morgan fingerprint density at radius 3 is 2.13 bits per heavy atom. The van der Waals surface area contributed by atoms with Crippen LogP contribution in [0.15, 0.2) is 42.5 Å². The van der Waals surface area contributed by atoms with E-state index in [0.717, 1.165) is 24.3 Å². The lowest BCUT2D eigenvalue weighted by atomic mass is 10.2. The van der Waals surface area contributed by atoms with Crippen LogP contribution in [0.2, 0.25) is 0 Å². The number of benzene rings is 2. The van der Waals surface area contributed by atoms with Crippen molar-refractivity contribution in [1.29, 1.82) is 0 Å². The Kier molecular flexibility index (Phi) is 4.60. The lowest BCUT2D eigenvalue weighted by Gasteiger charge is -2.08. The van der Waals surface area contributed by atoms with Crippen molar-refractivity contribution in [2.24, 2.45) is 0 Å². The Morgan fingerprint density at radius 2 is 1.57 bits per heavy atom. The summed E-state index contributed by atoms with van der Waals surface area (Å²) in [6, 6.07) is 6.99. The summed E-state index contributed by atoms with van der Waals surface area (Å²) >= 11 is 0. The van der Waals surface area contributed by atoms with Crippen LogP contribution < -0.4 is 10.9 Å². The van der Waals surface area contributed by atoms with E-state index in [4.69, 9.17) is 0 Å². The van der Waals surface area contributed by atoms with Crippen LogP contribution in [0.25, 0.3) is 0 Å². The van der Waals surface area contributed by atoms with E-state index in [1.54, 1.807) is 0 Å². The van der Waals surface area contributed by atoms with Gasteiger partial charge in [-0.1, -0.05) is 0 Å². The van der Waals surface area contributed by atoms with Crippen LogP contribution in [-0.2, 0) is 0 Å². The minimum atomic E-state index is -1.08. The Morgan fingerprint density at radius 1 is 0.957 bits per heavy atom. The summed E-state index contributed by atoms with van der Waals surface area (Å²) in [7, 11) is 0. The topological polar surface area (TPSA) is 101 Å². The fraction of sp³-hybridized carbons (Fsp3) is 0. The van der Waals surface area contributed by atoms with Gasteiger partial charge in [-0.2, -0.15) is 0 Å². The summed E-state index contributed by atoms with van der Waals surface area (Å²) in [4.78, 5) is 33.3. The van der Waals surface area contributed by atoms with Crippen molar-refractivity contribution in [3.8, 4) is 0 Å². The predicted molar refractivity (Wildman–Crippen MR) is 74.4 cm³/mol. The molecule has 0 saturated carbocycles. The number of nitro groups is 1. The second-order valence-electron chi connectivity index (χ2n) is 4.34. The second-order valence-corrected chi connectivity index (χ2v) is 4.34. The van der Waals surface area contributed by atoms with Crippen molar-refractivity contribution in [3.05, 3.63) is 75.3 Å². The van der Waals surface area contributed by atoms with E-state index in [2.05, 4.69) is 0 Å². The molecule has 2 N–H and O–H groups in total. The van der Waals surface area contributed by atoms with Crippen LogP contribution in [0.3, 0.4) is 0 Å². The summed E-state index contributed by atoms with van der Waals surface area (Å²) < 4.78 is 26.1. The van der Waals surface area contributed by atoms with E-state index in [1.807, 2.05) is 10.9 Å². The first-order chi connectivity index (χ1) is 10.9. The molecule has 9 heteroatoms. The number of hydrogen-bond acceptors (Lipinski definition) is 4. The summed E-state index contributed by atoms with van der Waals surface area (Å²) in [6.07, 6.45) is 0. The quantitative estimate of drug-likeness (QED) is 0.666. The van der Waals surface area contributed by atoms with Gasteiger partial charge >= 0.3 is 0 Å². The molecule has 0 saturated heterocycles. The maximum absolute atomic E-state index is 13.4. The van der Waals surface area contributed by atoms with E-state index in [-0.39, 0.29) is 11.3 Å². The number of halogens is 2. The number of rotatable bonds is 3. The van der Waals surface area contributed by atoms with Gasteiger partial charge in [0.25, 0.3) is 17.5 Å². The molecular weight excluding hydrogens is 312 g/mol. The molecule has 0 aliphatic heterocycles. The molecule has 23 heavy (non-hydrogen) atoms. The largest absolute Gasteiger partial charge is 0.272 e. The Balaban J connectivity index is 2.00. The molecular formula is C14H9F2N3O4. The van der Waals surface area contributed by atoms with Crippen LogP contribution >= 0.6 is 0 Å². The van der Waals surface area contributed by atoms with Gasteiger partial charge in [0.05, 0.1) is 10.5 Å². The first-order valence-electron chi connectivity index (χ1n) is 6.18. The summed E-state index contributed by atoms with van der Waals surface area (Å²) in [5, 5.41) is 10.5. The number of carbonyl (C=O) groups is 2. The van der Waals surface area contributed by atoms with E-state index in [9.17, 15) is 28.5 Å². The van der Waals surface area contributed by atoms with Crippen molar-refractivity contribution < 1.29 is 23.3 Å². The second kappa shape index (κ2) is 6.60. The third-order valence-electron chi connectivity index (χ3n) is 2.81. The molecule has 2 rings (SSSR count). The minimum Gasteiger partial charge on any atom is -0.267 e. The smallest absolute Gasteiger partial charge is 0.267 e. The molecule has 2 amide bonds. The fourth-order valence-electron chi connectivity index (χ4n) is 1.66. The molecule has 0 spiro atoms. The molecule has 2 aromatic carbocycles. The highest BCUT2D eigenvalue weighted by Crippen LogP contribution is 2.12. The highest BCUT2D eigenvalue weighted by Gasteiger charge is 2.14. The van der Waals surface area contributed by atoms with Crippen LogP contribution in [0, 0.1) is 21.7 Å². The van der Waals surface area contributed by atoms with Gasteiger partial charge in [-0.05, 0) is 24.3 Å². The zero-order chi connectivity index (χ0) is 17.0.